The van der Waals surface area contributed by atoms with E-state index in [-0.39, 0.29) is 5.82 Å². The van der Waals surface area contributed by atoms with E-state index in [2.05, 4.69) is 20.0 Å². The summed E-state index contributed by atoms with van der Waals surface area (Å²) in [5.41, 5.74) is 3.32. The number of fused-ring (bicyclic) bond motifs is 1. The zero-order chi connectivity index (χ0) is 21.4. The number of aryl methyl sites for hydroxylation is 1. The van der Waals surface area contributed by atoms with E-state index in [9.17, 15) is 4.39 Å². The van der Waals surface area contributed by atoms with Crippen molar-refractivity contribution >= 4 is 23.1 Å². The van der Waals surface area contributed by atoms with E-state index < -0.39 is 0 Å². The van der Waals surface area contributed by atoms with Crippen LogP contribution in [-0.4, -0.2) is 37.7 Å². The van der Waals surface area contributed by atoms with Crippen molar-refractivity contribution in [2.45, 2.75) is 26.2 Å². The molecule has 1 aliphatic heterocycles. The third-order valence-corrected chi connectivity index (χ3v) is 6.14. The monoisotopic (exact) mass is 436 g/mol. The van der Waals surface area contributed by atoms with Gasteiger partial charge in [-0.3, -0.25) is 0 Å². The van der Waals surface area contributed by atoms with Gasteiger partial charge in [0.2, 0.25) is 0 Å². The number of pyridine rings is 1. The molecular weight excluding hydrogens is 415 g/mol. The largest absolute Gasteiger partial charge is 0.356 e. The second-order valence-electron chi connectivity index (χ2n) is 7.99. The first kappa shape index (κ1) is 19.9. The molecule has 0 atom stereocenters. The Labute approximate surface area is 184 Å². The molecule has 0 spiro atoms. The summed E-state index contributed by atoms with van der Waals surface area (Å²) in [5.74, 6) is 1.99. The van der Waals surface area contributed by atoms with Crippen molar-refractivity contribution in [2.75, 3.05) is 18.0 Å². The molecule has 0 bridgehead atoms. The lowest BCUT2D eigenvalue weighted by Crippen LogP contribution is -2.35. The fourth-order valence-electron chi connectivity index (χ4n) is 4.19. The van der Waals surface area contributed by atoms with Crippen LogP contribution in [0.15, 0.2) is 48.9 Å². The van der Waals surface area contributed by atoms with Gasteiger partial charge in [0.1, 0.15) is 18.0 Å². The number of nitrogens with zero attached hydrogens (tertiary/aromatic N) is 6. The zero-order valence-corrected chi connectivity index (χ0v) is 17.9. The van der Waals surface area contributed by atoms with E-state index in [1.54, 1.807) is 16.9 Å². The SMILES string of the molecule is Cc1cc(N2CCC(Cc3nc4c(-c5ccc(F)cc5Cl)cccn4n3)CC2)ncn1. The van der Waals surface area contributed by atoms with Crippen molar-refractivity contribution in [3.63, 3.8) is 0 Å². The van der Waals surface area contributed by atoms with E-state index >= 15 is 0 Å². The Morgan fingerprint density at radius 3 is 2.71 bits per heavy atom. The molecule has 6 nitrogen and oxygen atoms in total. The van der Waals surface area contributed by atoms with Crippen LogP contribution < -0.4 is 4.90 Å². The Morgan fingerprint density at radius 2 is 1.94 bits per heavy atom. The highest BCUT2D eigenvalue weighted by molar-refractivity contribution is 6.33. The molecule has 0 aliphatic carbocycles. The first-order chi connectivity index (χ1) is 15.1. The highest BCUT2D eigenvalue weighted by Crippen LogP contribution is 2.31. The lowest BCUT2D eigenvalue weighted by atomic mass is 9.93. The maximum Gasteiger partial charge on any atom is 0.163 e. The predicted octanol–water partition coefficient (Wildman–Crippen LogP) is 4.75. The van der Waals surface area contributed by atoms with E-state index in [4.69, 9.17) is 16.6 Å². The van der Waals surface area contributed by atoms with Gasteiger partial charge in [0.25, 0.3) is 0 Å². The average Bonchev–Trinajstić information content (AvgIpc) is 3.17. The summed E-state index contributed by atoms with van der Waals surface area (Å²) in [6, 6.07) is 10.3. The quantitative estimate of drug-likeness (QED) is 0.462. The van der Waals surface area contributed by atoms with Gasteiger partial charge in [-0.2, -0.15) is 5.10 Å². The molecule has 5 rings (SSSR count). The number of hydrogen-bond acceptors (Lipinski definition) is 5. The maximum atomic E-state index is 13.5. The molecule has 0 amide bonds. The molecule has 8 heteroatoms. The standard InChI is InChI=1S/C23H22ClFN6/c1-15-11-22(27-14-26-15)30-9-6-16(7-10-30)12-21-28-23-19(3-2-8-31(23)29-21)18-5-4-17(25)13-20(18)24/h2-5,8,11,13-14,16H,6-7,9-10,12H2,1H3. The molecule has 3 aromatic heterocycles. The van der Waals surface area contributed by atoms with Gasteiger partial charge in [0.05, 0.1) is 5.02 Å². The minimum Gasteiger partial charge on any atom is -0.356 e. The first-order valence-corrected chi connectivity index (χ1v) is 10.8. The molecular formula is C23H22ClFN6. The zero-order valence-electron chi connectivity index (χ0n) is 17.2. The highest BCUT2D eigenvalue weighted by atomic mass is 35.5. The molecule has 0 radical (unpaired) electrons. The minimum atomic E-state index is -0.355. The molecule has 4 aromatic rings. The van der Waals surface area contributed by atoms with Crippen LogP contribution in [0.2, 0.25) is 5.02 Å². The van der Waals surface area contributed by atoms with Crippen molar-refractivity contribution in [1.29, 1.82) is 0 Å². The molecule has 1 aliphatic rings. The third kappa shape index (κ3) is 4.10. The molecule has 1 fully saturated rings. The van der Waals surface area contributed by atoms with Crippen LogP contribution in [0.4, 0.5) is 10.2 Å². The van der Waals surface area contributed by atoms with Crippen LogP contribution >= 0.6 is 11.6 Å². The van der Waals surface area contributed by atoms with Crippen LogP contribution in [0.3, 0.4) is 0 Å². The Hall–Kier alpha value is -3.06. The lowest BCUT2D eigenvalue weighted by molar-refractivity contribution is 0.395. The summed E-state index contributed by atoms with van der Waals surface area (Å²) in [7, 11) is 0. The molecule has 0 unspecified atom stereocenters. The third-order valence-electron chi connectivity index (χ3n) is 5.83. The van der Waals surface area contributed by atoms with E-state index in [0.29, 0.717) is 10.9 Å². The Balaban J connectivity index is 1.33. The van der Waals surface area contributed by atoms with Gasteiger partial charge in [-0.1, -0.05) is 11.6 Å². The number of aromatic nitrogens is 5. The van der Waals surface area contributed by atoms with Crippen LogP contribution in [0.1, 0.15) is 24.4 Å². The van der Waals surface area contributed by atoms with Gasteiger partial charge in [-0.15, -0.1) is 0 Å². The van der Waals surface area contributed by atoms with Gasteiger partial charge >= 0.3 is 0 Å². The number of rotatable bonds is 4. The molecule has 31 heavy (non-hydrogen) atoms. The van der Waals surface area contributed by atoms with Gasteiger partial charge < -0.3 is 4.90 Å². The van der Waals surface area contributed by atoms with Crippen LogP contribution in [-0.2, 0) is 6.42 Å². The predicted molar refractivity (Wildman–Crippen MR) is 119 cm³/mol. The van der Waals surface area contributed by atoms with Crippen LogP contribution in [0, 0.1) is 18.7 Å². The summed E-state index contributed by atoms with van der Waals surface area (Å²) in [4.78, 5) is 15.7. The molecule has 0 saturated carbocycles. The molecule has 1 aromatic carbocycles. The molecule has 158 valence electrons. The normalized spacial score (nSPS) is 15.0. The smallest absolute Gasteiger partial charge is 0.163 e. The van der Waals surface area contributed by atoms with E-state index in [1.807, 2.05) is 31.3 Å². The molecule has 4 heterocycles. The number of anilines is 1. The van der Waals surface area contributed by atoms with Crippen LogP contribution in [0.5, 0.6) is 0 Å². The van der Waals surface area contributed by atoms with E-state index in [0.717, 1.165) is 66.5 Å². The number of piperidine rings is 1. The van der Waals surface area contributed by atoms with Gasteiger partial charge in [-0.25, -0.2) is 23.9 Å². The maximum absolute atomic E-state index is 13.5. The van der Waals surface area contributed by atoms with Gasteiger partial charge in [0.15, 0.2) is 11.5 Å². The summed E-state index contributed by atoms with van der Waals surface area (Å²) in [5, 5.41) is 5.05. The Morgan fingerprint density at radius 1 is 1.10 bits per heavy atom. The van der Waals surface area contributed by atoms with E-state index in [1.165, 1.54) is 12.1 Å². The fraction of sp³-hybridized carbons (Fsp3) is 0.304. The average molecular weight is 437 g/mol. The Kier molecular flexibility index (Phi) is 5.28. The molecule has 0 N–H and O–H groups in total. The number of hydrogen-bond donors (Lipinski definition) is 0. The summed E-state index contributed by atoms with van der Waals surface area (Å²) in [6.45, 7) is 3.91. The second-order valence-corrected chi connectivity index (χ2v) is 8.40. The minimum absolute atomic E-state index is 0.355. The van der Waals surface area contributed by atoms with Crippen molar-refractivity contribution in [3.05, 3.63) is 71.3 Å². The number of halogens is 2. The van der Waals surface area contributed by atoms with Crippen molar-refractivity contribution in [1.82, 2.24) is 24.6 Å². The fourth-order valence-corrected chi connectivity index (χ4v) is 4.46. The Bertz CT molecular complexity index is 1230. The second kappa shape index (κ2) is 8.23. The van der Waals surface area contributed by atoms with Crippen LogP contribution in [0.25, 0.3) is 16.8 Å². The van der Waals surface area contributed by atoms with Crippen molar-refractivity contribution in [2.24, 2.45) is 5.92 Å². The highest BCUT2D eigenvalue weighted by Gasteiger charge is 2.22. The number of benzene rings is 1. The van der Waals surface area contributed by atoms with Crippen molar-refractivity contribution in [3.8, 4) is 11.1 Å². The van der Waals surface area contributed by atoms with Crippen molar-refractivity contribution < 1.29 is 4.39 Å². The summed E-state index contributed by atoms with van der Waals surface area (Å²) in [6.07, 6.45) is 6.47. The topological polar surface area (TPSA) is 59.2 Å². The molecule has 1 saturated heterocycles. The van der Waals surface area contributed by atoms with Gasteiger partial charge in [-0.05, 0) is 56.0 Å². The lowest BCUT2D eigenvalue weighted by Gasteiger charge is -2.32. The summed E-state index contributed by atoms with van der Waals surface area (Å²) >= 11 is 6.29. The van der Waals surface area contributed by atoms with Gasteiger partial charge in [0, 0.05) is 48.6 Å². The summed E-state index contributed by atoms with van der Waals surface area (Å²) < 4.78 is 15.3. The first-order valence-electron chi connectivity index (χ1n) is 10.4.